The molecule has 3 N–H and O–H groups in total. The highest BCUT2D eigenvalue weighted by molar-refractivity contribution is 5.95. The lowest BCUT2D eigenvalue weighted by Crippen LogP contribution is -2.47. The van der Waals surface area contributed by atoms with E-state index < -0.39 is 24.0 Å². The molecule has 9 heteroatoms. The quantitative estimate of drug-likeness (QED) is 0.364. The van der Waals surface area contributed by atoms with E-state index in [1.54, 1.807) is 31.2 Å². The van der Waals surface area contributed by atoms with Crippen LogP contribution in [0, 0.1) is 0 Å². The van der Waals surface area contributed by atoms with E-state index in [-0.39, 0.29) is 36.8 Å². The molecule has 1 aliphatic heterocycles. The molecule has 1 atom stereocenters. The Morgan fingerprint density at radius 2 is 1.81 bits per heavy atom. The molecule has 0 bridgehead atoms. The summed E-state index contributed by atoms with van der Waals surface area (Å²) in [7, 11) is 0. The Morgan fingerprint density at radius 3 is 2.48 bits per heavy atom. The lowest BCUT2D eigenvalue weighted by Gasteiger charge is -2.29. The molecule has 1 heterocycles. The van der Waals surface area contributed by atoms with Gasteiger partial charge in [0.2, 0.25) is 5.91 Å². The summed E-state index contributed by atoms with van der Waals surface area (Å²) in [5, 5.41) is 7.99. The summed E-state index contributed by atoms with van der Waals surface area (Å²) in [5.41, 5.74) is 1.12. The van der Waals surface area contributed by atoms with Crippen molar-refractivity contribution in [3.63, 3.8) is 0 Å². The van der Waals surface area contributed by atoms with Gasteiger partial charge in [-0.05, 0) is 25.3 Å². The number of carbonyl (C=O) groups excluding carboxylic acids is 4. The van der Waals surface area contributed by atoms with E-state index in [0.717, 1.165) is 12.8 Å². The summed E-state index contributed by atoms with van der Waals surface area (Å²) < 4.78 is 10.5. The average molecular weight is 431 g/mol. The Hall–Kier alpha value is -3.36. The number of esters is 2. The van der Waals surface area contributed by atoms with Crippen LogP contribution in [0.5, 0.6) is 0 Å². The van der Waals surface area contributed by atoms with Gasteiger partial charge < -0.3 is 25.4 Å². The normalized spacial score (nSPS) is 15.5. The third kappa shape index (κ3) is 7.76. The van der Waals surface area contributed by atoms with Crippen molar-refractivity contribution in [2.75, 3.05) is 19.8 Å². The number of amides is 3. The Balaban J connectivity index is 2.02. The number of nitrogens with one attached hydrogen (secondary N) is 3. The van der Waals surface area contributed by atoms with Crippen LogP contribution in [0.25, 0.3) is 0 Å². The number of rotatable bonds is 11. The van der Waals surface area contributed by atoms with Gasteiger partial charge >= 0.3 is 18.0 Å². The number of carbonyl (C=O) groups is 4. The molecule has 0 aliphatic carbocycles. The van der Waals surface area contributed by atoms with E-state index in [1.165, 1.54) is 6.92 Å². The van der Waals surface area contributed by atoms with Crippen LogP contribution in [-0.2, 0) is 23.9 Å². The van der Waals surface area contributed by atoms with Crippen LogP contribution in [-0.4, -0.2) is 43.6 Å². The number of ether oxygens (including phenoxy) is 2. The number of unbranched alkanes of at least 4 members (excludes halogenated alkanes) is 2. The average Bonchev–Trinajstić information content (AvgIpc) is 2.74. The third-order valence-corrected chi connectivity index (χ3v) is 4.59. The first-order valence-electron chi connectivity index (χ1n) is 10.3. The molecule has 0 fully saturated rings. The first-order chi connectivity index (χ1) is 14.9. The monoisotopic (exact) mass is 431 g/mol. The van der Waals surface area contributed by atoms with Crippen LogP contribution < -0.4 is 16.0 Å². The van der Waals surface area contributed by atoms with Crippen molar-refractivity contribution < 1.29 is 28.7 Å². The van der Waals surface area contributed by atoms with Gasteiger partial charge in [0.25, 0.3) is 0 Å². The van der Waals surface area contributed by atoms with E-state index in [0.29, 0.717) is 18.5 Å². The molecule has 168 valence electrons. The van der Waals surface area contributed by atoms with E-state index in [9.17, 15) is 19.2 Å². The van der Waals surface area contributed by atoms with Gasteiger partial charge in [-0.1, -0.05) is 36.8 Å². The van der Waals surface area contributed by atoms with Gasteiger partial charge in [0.05, 0.1) is 23.9 Å². The lowest BCUT2D eigenvalue weighted by molar-refractivity contribution is -0.143. The molecule has 0 spiro atoms. The predicted molar refractivity (Wildman–Crippen MR) is 113 cm³/mol. The van der Waals surface area contributed by atoms with E-state index in [2.05, 4.69) is 16.0 Å². The maximum absolute atomic E-state index is 12.6. The van der Waals surface area contributed by atoms with Crippen molar-refractivity contribution in [3.05, 3.63) is 47.2 Å². The van der Waals surface area contributed by atoms with Crippen LogP contribution in [0.15, 0.2) is 41.6 Å². The minimum Gasteiger partial charge on any atom is -0.463 e. The van der Waals surface area contributed by atoms with Gasteiger partial charge in [0.1, 0.15) is 6.61 Å². The molecule has 1 aromatic carbocycles. The molecule has 1 aliphatic rings. The molecule has 0 saturated carbocycles. The standard InChI is InChI=1S/C22H29N3O6/c1-3-30-21(28)19-17(14-31-18(27)12-8-5-9-13-23-15(2)26)24-22(29)25-20(19)16-10-6-4-7-11-16/h4,6-7,10-11,20H,3,5,8-9,12-14H2,1-2H3,(H,23,26)(H2,24,25,29). The van der Waals surface area contributed by atoms with Crippen molar-refractivity contribution in [3.8, 4) is 0 Å². The van der Waals surface area contributed by atoms with E-state index in [4.69, 9.17) is 9.47 Å². The SMILES string of the molecule is CCOC(=O)C1=C(COC(=O)CCCCCNC(C)=O)NC(=O)NC1c1ccccc1. The predicted octanol–water partition coefficient (Wildman–Crippen LogP) is 2.10. The molecule has 1 unspecified atom stereocenters. The topological polar surface area (TPSA) is 123 Å². The van der Waals surface area contributed by atoms with Gasteiger partial charge in [-0.15, -0.1) is 0 Å². The maximum Gasteiger partial charge on any atom is 0.338 e. The van der Waals surface area contributed by atoms with Crippen molar-refractivity contribution in [2.24, 2.45) is 0 Å². The van der Waals surface area contributed by atoms with E-state index >= 15 is 0 Å². The van der Waals surface area contributed by atoms with Crippen LogP contribution in [0.2, 0.25) is 0 Å². The third-order valence-electron chi connectivity index (χ3n) is 4.59. The Kier molecular flexibility index (Phi) is 9.54. The summed E-state index contributed by atoms with van der Waals surface area (Å²) in [6, 6.07) is 7.82. The number of hydrogen-bond donors (Lipinski definition) is 3. The summed E-state index contributed by atoms with van der Waals surface area (Å²) in [4.78, 5) is 47.7. The fourth-order valence-corrected chi connectivity index (χ4v) is 3.14. The van der Waals surface area contributed by atoms with Crippen molar-refractivity contribution in [2.45, 2.75) is 45.6 Å². The Labute approximate surface area is 181 Å². The second-order valence-electron chi connectivity index (χ2n) is 7.01. The first kappa shape index (κ1) is 23.9. The molecule has 0 radical (unpaired) electrons. The van der Waals surface area contributed by atoms with Gasteiger partial charge in [0, 0.05) is 19.9 Å². The minimum atomic E-state index is -0.712. The Morgan fingerprint density at radius 1 is 1.06 bits per heavy atom. The summed E-state index contributed by atoms with van der Waals surface area (Å²) in [6.45, 7) is 3.65. The fourth-order valence-electron chi connectivity index (χ4n) is 3.14. The zero-order valence-electron chi connectivity index (χ0n) is 17.9. The van der Waals surface area contributed by atoms with Crippen molar-refractivity contribution in [1.82, 2.24) is 16.0 Å². The number of hydrogen-bond acceptors (Lipinski definition) is 6. The van der Waals surface area contributed by atoms with Crippen LogP contribution in [0.3, 0.4) is 0 Å². The zero-order valence-corrected chi connectivity index (χ0v) is 17.9. The molecule has 3 amide bonds. The summed E-state index contributed by atoms with van der Waals surface area (Å²) >= 11 is 0. The highest BCUT2D eigenvalue weighted by atomic mass is 16.5. The summed E-state index contributed by atoms with van der Waals surface area (Å²) in [6.07, 6.45) is 2.35. The number of urea groups is 1. The second kappa shape index (κ2) is 12.4. The molecular weight excluding hydrogens is 402 g/mol. The molecule has 1 aromatic rings. The minimum absolute atomic E-state index is 0.0806. The van der Waals surface area contributed by atoms with Gasteiger partial charge in [-0.3, -0.25) is 9.59 Å². The first-order valence-corrected chi connectivity index (χ1v) is 10.3. The fraction of sp³-hybridized carbons (Fsp3) is 0.455. The molecule has 0 saturated heterocycles. The van der Waals surface area contributed by atoms with Gasteiger partial charge in [-0.2, -0.15) is 0 Å². The van der Waals surface area contributed by atoms with E-state index in [1.807, 2.05) is 6.07 Å². The summed E-state index contributed by atoms with van der Waals surface area (Å²) in [5.74, 6) is -1.10. The largest absolute Gasteiger partial charge is 0.463 e. The highest BCUT2D eigenvalue weighted by Crippen LogP contribution is 2.27. The maximum atomic E-state index is 12.6. The molecular formula is C22H29N3O6. The smallest absolute Gasteiger partial charge is 0.338 e. The zero-order chi connectivity index (χ0) is 22.6. The Bertz CT molecular complexity index is 822. The lowest BCUT2D eigenvalue weighted by atomic mass is 9.95. The van der Waals surface area contributed by atoms with Gasteiger partial charge in [0.15, 0.2) is 0 Å². The highest BCUT2D eigenvalue weighted by Gasteiger charge is 2.34. The van der Waals surface area contributed by atoms with Gasteiger partial charge in [-0.25, -0.2) is 9.59 Å². The molecule has 31 heavy (non-hydrogen) atoms. The van der Waals surface area contributed by atoms with Crippen LogP contribution in [0.4, 0.5) is 4.79 Å². The van der Waals surface area contributed by atoms with Crippen molar-refractivity contribution in [1.29, 1.82) is 0 Å². The van der Waals surface area contributed by atoms with Crippen LogP contribution >= 0.6 is 0 Å². The number of benzene rings is 1. The molecule has 2 rings (SSSR count). The van der Waals surface area contributed by atoms with Crippen LogP contribution in [0.1, 0.15) is 51.1 Å². The molecule has 9 nitrogen and oxygen atoms in total. The molecule has 0 aromatic heterocycles. The van der Waals surface area contributed by atoms with Crippen molar-refractivity contribution >= 4 is 23.9 Å². The second-order valence-corrected chi connectivity index (χ2v) is 7.01.